The van der Waals surface area contributed by atoms with E-state index in [0.717, 1.165) is 42.6 Å². The fourth-order valence-electron chi connectivity index (χ4n) is 3.69. The Balaban J connectivity index is 1.54. The standard InChI is InChI=1S/C20H21N3O3/c24-19(13-5-2-1-3-6-13)23-10-9-16-17(12-23)22-18(21-16)14-7-4-8-15(11-14)20(25)26/h1-2,4,7-8,11,13H,3,5-6,9-10,12H2,(H,21,22)(H,25,26)/t13-/m0/s1. The molecule has 1 aliphatic carbocycles. The molecule has 0 fully saturated rings. The van der Waals surface area contributed by atoms with Gasteiger partial charge in [0, 0.05) is 24.4 Å². The number of hydrogen-bond acceptors (Lipinski definition) is 3. The molecule has 1 amide bonds. The number of aromatic amines is 1. The highest BCUT2D eigenvalue weighted by atomic mass is 16.4. The Labute approximate surface area is 151 Å². The van der Waals surface area contributed by atoms with Crippen molar-refractivity contribution in [3.63, 3.8) is 0 Å². The van der Waals surface area contributed by atoms with Crippen molar-refractivity contribution in [3.05, 3.63) is 53.4 Å². The Morgan fingerprint density at radius 2 is 2.15 bits per heavy atom. The maximum absolute atomic E-state index is 12.8. The van der Waals surface area contributed by atoms with Crippen LogP contribution in [-0.2, 0) is 17.8 Å². The summed E-state index contributed by atoms with van der Waals surface area (Å²) in [5.41, 5.74) is 2.90. The third kappa shape index (κ3) is 3.14. The summed E-state index contributed by atoms with van der Waals surface area (Å²) in [6, 6.07) is 6.73. The summed E-state index contributed by atoms with van der Waals surface area (Å²) in [5.74, 6) is 0.0229. The van der Waals surface area contributed by atoms with Gasteiger partial charge in [0.2, 0.25) is 5.91 Å². The van der Waals surface area contributed by atoms with Gasteiger partial charge in [0.25, 0.3) is 0 Å². The lowest BCUT2D eigenvalue weighted by Gasteiger charge is -2.30. The van der Waals surface area contributed by atoms with Crippen molar-refractivity contribution < 1.29 is 14.7 Å². The van der Waals surface area contributed by atoms with Gasteiger partial charge in [-0.2, -0.15) is 0 Å². The molecule has 2 heterocycles. The molecule has 4 rings (SSSR count). The average Bonchev–Trinajstić information content (AvgIpc) is 3.11. The number of nitrogens with zero attached hydrogens (tertiary/aromatic N) is 2. The molecule has 0 saturated carbocycles. The lowest BCUT2D eigenvalue weighted by Crippen LogP contribution is -2.40. The summed E-state index contributed by atoms with van der Waals surface area (Å²) in [6.45, 7) is 1.23. The molecule has 2 N–H and O–H groups in total. The van der Waals surface area contributed by atoms with Crippen LogP contribution in [0.5, 0.6) is 0 Å². The van der Waals surface area contributed by atoms with Crippen molar-refractivity contribution in [3.8, 4) is 11.4 Å². The van der Waals surface area contributed by atoms with E-state index in [-0.39, 0.29) is 17.4 Å². The molecule has 0 unspecified atom stereocenters. The lowest BCUT2D eigenvalue weighted by molar-refractivity contribution is -0.136. The van der Waals surface area contributed by atoms with E-state index >= 15 is 0 Å². The maximum Gasteiger partial charge on any atom is 0.335 e. The first-order valence-electron chi connectivity index (χ1n) is 8.97. The highest BCUT2D eigenvalue weighted by Gasteiger charge is 2.29. The number of hydrogen-bond donors (Lipinski definition) is 2. The van der Waals surface area contributed by atoms with E-state index in [1.165, 1.54) is 0 Å². The number of allylic oxidation sites excluding steroid dienone is 2. The fraction of sp³-hybridized carbons (Fsp3) is 0.350. The Kier molecular flexibility index (Phi) is 4.32. The SMILES string of the molecule is O=C(O)c1cccc(-c2nc3c([nH]2)CN(C(=O)[C@H]2CC=CCC2)CC3)c1. The Morgan fingerprint density at radius 3 is 2.92 bits per heavy atom. The quantitative estimate of drug-likeness (QED) is 0.832. The third-order valence-corrected chi connectivity index (χ3v) is 5.14. The topological polar surface area (TPSA) is 86.3 Å². The van der Waals surface area contributed by atoms with Gasteiger partial charge in [-0.1, -0.05) is 24.3 Å². The molecule has 6 heteroatoms. The molecule has 0 radical (unpaired) electrons. The van der Waals surface area contributed by atoms with Crippen LogP contribution >= 0.6 is 0 Å². The average molecular weight is 351 g/mol. The number of rotatable bonds is 3. The van der Waals surface area contributed by atoms with Crippen molar-refractivity contribution in [1.29, 1.82) is 0 Å². The first-order chi connectivity index (χ1) is 12.6. The summed E-state index contributed by atoms with van der Waals surface area (Å²) in [5, 5.41) is 9.16. The van der Waals surface area contributed by atoms with Crippen molar-refractivity contribution in [2.45, 2.75) is 32.2 Å². The zero-order chi connectivity index (χ0) is 18.1. The molecule has 6 nitrogen and oxygen atoms in total. The lowest BCUT2D eigenvalue weighted by atomic mass is 9.92. The number of H-pyrrole nitrogens is 1. The molecule has 0 spiro atoms. The van der Waals surface area contributed by atoms with E-state index in [0.29, 0.717) is 18.9 Å². The predicted octanol–water partition coefficient (Wildman–Crippen LogP) is 3.02. The van der Waals surface area contributed by atoms with E-state index in [1.807, 2.05) is 11.0 Å². The van der Waals surface area contributed by atoms with E-state index in [1.54, 1.807) is 18.2 Å². The molecule has 1 atom stereocenters. The minimum atomic E-state index is -0.957. The van der Waals surface area contributed by atoms with Gasteiger partial charge in [-0.15, -0.1) is 0 Å². The smallest absolute Gasteiger partial charge is 0.335 e. The third-order valence-electron chi connectivity index (χ3n) is 5.14. The first kappa shape index (κ1) is 16.6. The highest BCUT2D eigenvalue weighted by Crippen LogP contribution is 2.26. The molecule has 1 aromatic heterocycles. The number of aromatic carboxylic acids is 1. The number of nitrogens with one attached hydrogen (secondary N) is 1. The molecule has 134 valence electrons. The molecule has 0 bridgehead atoms. The van der Waals surface area contributed by atoms with E-state index in [9.17, 15) is 9.59 Å². The molecular formula is C20H21N3O3. The molecule has 1 aromatic carbocycles. The van der Waals surface area contributed by atoms with Crippen LogP contribution in [0.3, 0.4) is 0 Å². The second-order valence-electron chi connectivity index (χ2n) is 6.89. The van der Waals surface area contributed by atoms with Crippen molar-refractivity contribution in [1.82, 2.24) is 14.9 Å². The second kappa shape index (κ2) is 6.78. The van der Waals surface area contributed by atoms with E-state index < -0.39 is 5.97 Å². The number of carbonyl (C=O) groups excluding carboxylic acids is 1. The Bertz CT molecular complexity index is 884. The minimum Gasteiger partial charge on any atom is -0.478 e. The summed E-state index contributed by atoms with van der Waals surface area (Å²) in [4.78, 5) is 33.8. The van der Waals surface area contributed by atoms with Crippen LogP contribution in [0.25, 0.3) is 11.4 Å². The van der Waals surface area contributed by atoms with Crippen LogP contribution in [0.4, 0.5) is 0 Å². The minimum absolute atomic E-state index is 0.0937. The van der Waals surface area contributed by atoms with Crippen LogP contribution in [0.2, 0.25) is 0 Å². The molecule has 2 aromatic rings. The van der Waals surface area contributed by atoms with Crippen molar-refractivity contribution in [2.24, 2.45) is 5.92 Å². The number of carboxylic acid groups (broad SMARTS) is 1. The normalized spacial score (nSPS) is 19.2. The van der Waals surface area contributed by atoms with Crippen molar-refractivity contribution in [2.75, 3.05) is 6.54 Å². The van der Waals surface area contributed by atoms with Gasteiger partial charge in [-0.05, 0) is 31.4 Å². The number of carboxylic acids is 1. The van der Waals surface area contributed by atoms with Crippen LogP contribution in [-0.4, -0.2) is 38.4 Å². The fourth-order valence-corrected chi connectivity index (χ4v) is 3.69. The van der Waals surface area contributed by atoms with Gasteiger partial charge >= 0.3 is 5.97 Å². The molecule has 2 aliphatic rings. The van der Waals surface area contributed by atoms with Gasteiger partial charge in [0.05, 0.1) is 23.5 Å². The summed E-state index contributed by atoms with van der Waals surface area (Å²) in [7, 11) is 0. The first-order valence-corrected chi connectivity index (χ1v) is 8.97. The van der Waals surface area contributed by atoms with Gasteiger partial charge in [-0.3, -0.25) is 4.79 Å². The van der Waals surface area contributed by atoms with Gasteiger partial charge in [-0.25, -0.2) is 9.78 Å². The zero-order valence-electron chi connectivity index (χ0n) is 14.4. The van der Waals surface area contributed by atoms with Gasteiger partial charge < -0.3 is 15.0 Å². The maximum atomic E-state index is 12.8. The molecule has 26 heavy (non-hydrogen) atoms. The molecule has 1 aliphatic heterocycles. The van der Waals surface area contributed by atoms with E-state index in [2.05, 4.69) is 22.1 Å². The van der Waals surface area contributed by atoms with Crippen LogP contribution in [0.1, 0.15) is 41.0 Å². The summed E-state index contributed by atoms with van der Waals surface area (Å²) in [6.07, 6.45) is 7.70. The van der Waals surface area contributed by atoms with E-state index in [4.69, 9.17) is 5.11 Å². The van der Waals surface area contributed by atoms with Gasteiger partial charge in [0.15, 0.2) is 0 Å². The number of imidazole rings is 1. The molecule has 0 saturated heterocycles. The van der Waals surface area contributed by atoms with Crippen LogP contribution in [0, 0.1) is 5.92 Å². The molecular weight excluding hydrogens is 330 g/mol. The van der Waals surface area contributed by atoms with Crippen LogP contribution < -0.4 is 0 Å². The second-order valence-corrected chi connectivity index (χ2v) is 6.89. The Hall–Kier alpha value is -2.89. The number of fused-ring (bicyclic) bond motifs is 1. The van der Waals surface area contributed by atoms with Crippen LogP contribution in [0.15, 0.2) is 36.4 Å². The predicted molar refractivity (Wildman–Crippen MR) is 96.6 cm³/mol. The monoisotopic (exact) mass is 351 g/mol. The number of carbonyl (C=O) groups is 2. The largest absolute Gasteiger partial charge is 0.478 e. The number of benzene rings is 1. The number of amides is 1. The summed E-state index contributed by atoms with van der Waals surface area (Å²) >= 11 is 0. The highest BCUT2D eigenvalue weighted by molar-refractivity contribution is 5.89. The number of aromatic nitrogens is 2. The van der Waals surface area contributed by atoms with Crippen molar-refractivity contribution >= 4 is 11.9 Å². The zero-order valence-corrected chi connectivity index (χ0v) is 14.4. The summed E-state index contributed by atoms with van der Waals surface area (Å²) < 4.78 is 0. The van der Waals surface area contributed by atoms with Gasteiger partial charge in [0.1, 0.15) is 5.82 Å². The Morgan fingerprint density at radius 1 is 1.27 bits per heavy atom.